The first-order chi connectivity index (χ1) is 10.0. The van der Waals surface area contributed by atoms with E-state index in [9.17, 15) is 0 Å². The van der Waals surface area contributed by atoms with Crippen molar-refractivity contribution in [2.75, 3.05) is 20.7 Å². The molecule has 0 aromatic heterocycles. The Hall–Kier alpha value is -1.06. The summed E-state index contributed by atoms with van der Waals surface area (Å²) in [5.41, 5.74) is 7.65. The van der Waals surface area contributed by atoms with Gasteiger partial charge in [0.25, 0.3) is 0 Å². The van der Waals surface area contributed by atoms with Crippen LogP contribution in [0.4, 0.5) is 0 Å². The van der Waals surface area contributed by atoms with Crippen molar-refractivity contribution in [1.82, 2.24) is 4.90 Å². The Balaban J connectivity index is 2.17. The summed E-state index contributed by atoms with van der Waals surface area (Å²) in [5.74, 6) is 2.33. The van der Waals surface area contributed by atoms with Gasteiger partial charge in [0.15, 0.2) is 0 Å². The van der Waals surface area contributed by atoms with Crippen molar-refractivity contribution in [3.05, 3.63) is 29.8 Å². The van der Waals surface area contributed by atoms with Crippen molar-refractivity contribution in [1.29, 1.82) is 0 Å². The average molecular weight is 290 g/mol. The molecule has 1 aromatic carbocycles. The number of ether oxygens (including phenoxy) is 1. The minimum atomic E-state index is 0.126. The molecule has 1 saturated carbocycles. The number of nitrogens with zero attached hydrogens (tertiary/aromatic N) is 1. The van der Waals surface area contributed by atoms with E-state index < -0.39 is 0 Å². The molecule has 3 heteroatoms. The van der Waals surface area contributed by atoms with Gasteiger partial charge in [-0.15, -0.1) is 0 Å². The molecule has 1 fully saturated rings. The summed E-state index contributed by atoms with van der Waals surface area (Å²) in [6, 6.07) is 8.34. The summed E-state index contributed by atoms with van der Waals surface area (Å²) in [5, 5.41) is 0. The molecule has 0 heterocycles. The summed E-state index contributed by atoms with van der Waals surface area (Å²) in [6.07, 6.45) is 3.81. The topological polar surface area (TPSA) is 38.5 Å². The van der Waals surface area contributed by atoms with Gasteiger partial charge < -0.3 is 10.5 Å². The minimum Gasteiger partial charge on any atom is -0.497 e. The Bertz CT molecular complexity index is 462. The van der Waals surface area contributed by atoms with Crippen LogP contribution in [0.2, 0.25) is 0 Å². The van der Waals surface area contributed by atoms with E-state index in [4.69, 9.17) is 10.5 Å². The van der Waals surface area contributed by atoms with Crippen molar-refractivity contribution in [3.63, 3.8) is 0 Å². The van der Waals surface area contributed by atoms with Crippen molar-refractivity contribution in [2.24, 2.45) is 17.6 Å². The van der Waals surface area contributed by atoms with E-state index in [-0.39, 0.29) is 5.54 Å². The van der Waals surface area contributed by atoms with Gasteiger partial charge in [-0.3, -0.25) is 4.90 Å². The molecule has 0 saturated heterocycles. The zero-order valence-corrected chi connectivity index (χ0v) is 13.9. The van der Waals surface area contributed by atoms with Crippen LogP contribution in [-0.2, 0) is 6.54 Å². The second-order valence-electron chi connectivity index (χ2n) is 6.80. The van der Waals surface area contributed by atoms with Gasteiger partial charge in [0.1, 0.15) is 5.75 Å². The van der Waals surface area contributed by atoms with Gasteiger partial charge in [0.2, 0.25) is 0 Å². The molecular formula is C18H30N2O. The van der Waals surface area contributed by atoms with Gasteiger partial charge in [-0.25, -0.2) is 0 Å². The fourth-order valence-electron chi connectivity index (χ4n) is 3.88. The Morgan fingerprint density at radius 2 is 2.10 bits per heavy atom. The number of hydrogen-bond donors (Lipinski definition) is 1. The number of benzene rings is 1. The molecule has 1 aliphatic rings. The molecule has 1 aliphatic carbocycles. The van der Waals surface area contributed by atoms with Crippen molar-refractivity contribution < 1.29 is 4.74 Å². The second kappa shape index (κ2) is 6.80. The molecule has 21 heavy (non-hydrogen) atoms. The van der Waals surface area contributed by atoms with Gasteiger partial charge in [-0.05, 0) is 49.4 Å². The van der Waals surface area contributed by atoms with Crippen LogP contribution in [0, 0.1) is 11.8 Å². The predicted octanol–water partition coefficient (Wildman–Crippen LogP) is 3.28. The predicted molar refractivity (Wildman–Crippen MR) is 88.4 cm³/mol. The van der Waals surface area contributed by atoms with Gasteiger partial charge in [0, 0.05) is 18.6 Å². The first-order valence-corrected chi connectivity index (χ1v) is 8.06. The molecule has 2 rings (SSSR count). The number of rotatable bonds is 5. The highest BCUT2D eigenvalue weighted by molar-refractivity contribution is 5.28. The number of likely N-dealkylation sites (N-methyl/N-ethyl adjacent to an activating group) is 1. The summed E-state index contributed by atoms with van der Waals surface area (Å²) in [7, 11) is 3.94. The third kappa shape index (κ3) is 3.41. The fourth-order valence-corrected chi connectivity index (χ4v) is 3.88. The maximum Gasteiger partial charge on any atom is 0.119 e. The van der Waals surface area contributed by atoms with Gasteiger partial charge in [0.05, 0.1) is 7.11 Å². The Labute approximate surface area is 129 Å². The normalized spacial score (nSPS) is 29.6. The Kier molecular flexibility index (Phi) is 5.28. The zero-order chi connectivity index (χ0) is 15.5. The lowest BCUT2D eigenvalue weighted by molar-refractivity contribution is 0.00901. The summed E-state index contributed by atoms with van der Waals surface area (Å²) < 4.78 is 5.33. The second-order valence-corrected chi connectivity index (χ2v) is 6.80. The van der Waals surface area contributed by atoms with E-state index in [1.807, 2.05) is 6.07 Å². The van der Waals surface area contributed by atoms with Gasteiger partial charge in [-0.1, -0.05) is 32.4 Å². The highest BCUT2D eigenvalue weighted by atomic mass is 16.5. The molecule has 3 unspecified atom stereocenters. The van der Waals surface area contributed by atoms with Crippen LogP contribution < -0.4 is 10.5 Å². The lowest BCUT2D eigenvalue weighted by Gasteiger charge is -2.50. The lowest BCUT2D eigenvalue weighted by atomic mass is 9.68. The fraction of sp³-hybridized carbons (Fsp3) is 0.667. The van der Waals surface area contributed by atoms with Crippen molar-refractivity contribution in [3.8, 4) is 5.75 Å². The van der Waals surface area contributed by atoms with Gasteiger partial charge in [-0.2, -0.15) is 0 Å². The van der Waals surface area contributed by atoms with Crippen LogP contribution in [0.15, 0.2) is 24.3 Å². The molecule has 0 aliphatic heterocycles. The Morgan fingerprint density at radius 1 is 1.33 bits per heavy atom. The van der Waals surface area contributed by atoms with Crippen LogP contribution >= 0.6 is 0 Å². The zero-order valence-electron chi connectivity index (χ0n) is 13.9. The molecule has 0 radical (unpaired) electrons. The Morgan fingerprint density at radius 3 is 2.76 bits per heavy atom. The number of hydrogen-bond acceptors (Lipinski definition) is 3. The molecule has 0 amide bonds. The maximum atomic E-state index is 6.24. The third-order valence-corrected chi connectivity index (χ3v) is 5.38. The monoisotopic (exact) mass is 290 g/mol. The lowest BCUT2D eigenvalue weighted by Crippen LogP contribution is -2.58. The smallest absolute Gasteiger partial charge is 0.119 e. The SMILES string of the molecule is COc1cccc(CN(C)C2(CN)CC(C)CCC2C)c1. The molecule has 3 atom stereocenters. The summed E-state index contributed by atoms with van der Waals surface area (Å²) in [6.45, 7) is 6.38. The third-order valence-electron chi connectivity index (χ3n) is 5.38. The summed E-state index contributed by atoms with van der Waals surface area (Å²) in [4.78, 5) is 2.47. The van der Waals surface area contributed by atoms with E-state index in [1.165, 1.54) is 24.8 Å². The van der Waals surface area contributed by atoms with E-state index in [0.29, 0.717) is 5.92 Å². The molecule has 118 valence electrons. The van der Waals surface area contributed by atoms with Crippen molar-refractivity contribution >= 4 is 0 Å². The molecule has 1 aromatic rings. The highest BCUT2D eigenvalue weighted by Gasteiger charge is 2.42. The molecule has 3 nitrogen and oxygen atoms in total. The van der Waals surface area contributed by atoms with Crippen molar-refractivity contribution in [2.45, 2.75) is 45.2 Å². The van der Waals surface area contributed by atoms with Crippen LogP contribution in [-0.4, -0.2) is 31.1 Å². The molecule has 2 N–H and O–H groups in total. The molecule has 0 bridgehead atoms. The standard InChI is InChI=1S/C18H30N2O/c1-14-8-9-15(2)18(11-14,13-19)20(3)12-16-6-5-7-17(10-16)21-4/h5-7,10,14-15H,8-9,11-13,19H2,1-4H3. The van der Waals surface area contributed by atoms with E-state index in [1.54, 1.807) is 7.11 Å². The van der Waals surface area contributed by atoms with Gasteiger partial charge >= 0.3 is 0 Å². The van der Waals surface area contributed by atoms with E-state index in [2.05, 4.69) is 44.0 Å². The largest absolute Gasteiger partial charge is 0.497 e. The average Bonchev–Trinajstić information content (AvgIpc) is 2.49. The number of methoxy groups -OCH3 is 1. The highest BCUT2D eigenvalue weighted by Crippen LogP contribution is 2.40. The summed E-state index contributed by atoms with van der Waals surface area (Å²) >= 11 is 0. The van der Waals surface area contributed by atoms with Crippen LogP contribution in [0.25, 0.3) is 0 Å². The molecule has 0 spiro atoms. The van der Waals surface area contributed by atoms with E-state index >= 15 is 0 Å². The van der Waals surface area contributed by atoms with Crippen LogP contribution in [0.3, 0.4) is 0 Å². The first-order valence-electron chi connectivity index (χ1n) is 8.06. The van der Waals surface area contributed by atoms with E-state index in [0.717, 1.165) is 24.8 Å². The minimum absolute atomic E-state index is 0.126. The maximum absolute atomic E-state index is 6.24. The molecular weight excluding hydrogens is 260 g/mol. The first kappa shape index (κ1) is 16.3. The number of nitrogens with two attached hydrogens (primary N) is 1. The van der Waals surface area contributed by atoms with Crippen LogP contribution in [0.5, 0.6) is 5.75 Å². The quantitative estimate of drug-likeness (QED) is 0.904. The van der Waals surface area contributed by atoms with Crippen LogP contribution in [0.1, 0.15) is 38.7 Å².